The molecule has 2 fully saturated rings. The summed E-state index contributed by atoms with van der Waals surface area (Å²) < 4.78 is 5.38. The summed E-state index contributed by atoms with van der Waals surface area (Å²) in [6, 6.07) is 0. The number of carbonyl (C=O) groups is 2. The van der Waals surface area contributed by atoms with Gasteiger partial charge in [0.15, 0.2) is 0 Å². The third-order valence-corrected chi connectivity index (χ3v) is 3.99. The molecule has 1 saturated carbocycles. The van der Waals surface area contributed by atoms with Crippen molar-refractivity contribution in [2.24, 2.45) is 11.8 Å². The first kappa shape index (κ1) is 16.1. The number of hydrogen-bond donors (Lipinski definition) is 1. The average molecular weight is 296 g/mol. The van der Waals surface area contributed by atoms with Gasteiger partial charge in [0.25, 0.3) is 0 Å². The fourth-order valence-electron chi connectivity index (χ4n) is 2.63. The second-order valence-electron chi connectivity index (χ2n) is 7.29. The number of piperidine rings is 1. The van der Waals surface area contributed by atoms with Crippen molar-refractivity contribution in [1.29, 1.82) is 0 Å². The van der Waals surface area contributed by atoms with Crippen molar-refractivity contribution in [1.82, 2.24) is 10.2 Å². The van der Waals surface area contributed by atoms with Crippen LogP contribution in [0.4, 0.5) is 4.79 Å². The summed E-state index contributed by atoms with van der Waals surface area (Å²) in [6.07, 6.45) is 5.12. The van der Waals surface area contributed by atoms with Gasteiger partial charge in [-0.1, -0.05) is 12.8 Å². The van der Waals surface area contributed by atoms with Crippen LogP contribution < -0.4 is 5.32 Å². The molecule has 0 bridgehead atoms. The highest BCUT2D eigenvalue weighted by molar-refractivity contribution is 5.80. The van der Waals surface area contributed by atoms with Crippen molar-refractivity contribution < 1.29 is 14.3 Å². The van der Waals surface area contributed by atoms with Crippen molar-refractivity contribution in [3.05, 3.63) is 0 Å². The minimum atomic E-state index is -0.490. The maximum absolute atomic E-state index is 12.2. The van der Waals surface area contributed by atoms with Gasteiger partial charge < -0.3 is 15.0 Å². The summed E-state index contributed by atoms with van der Waals surface area (Å²) in [4.78, 5) is 25.9. The van der Waals surface area contributed by atoms with E-state index in [0.717, 1.165) is 31.7 Å². The van der Waals surface area contributed by atoms with E-state index in [9.17, 15) is 9.59 Å². The minimum Gasteiger partial charge on any atom is -0.444 e. The van der Waals surface area contributed by atoms with E-state index in [2.05, 4.69) is 5.32 Å². The summed E-state index contributed by atoms with van der Waals surface area (Å²) >= 11 is 0. The Kier molecular flexibility index (Phi) is 5.12. The third-order valence-electron chi connectivity index (χ3n) is 3.99. The van der Waals surface area contributed by atoms with Gasteiger partial charge in [-0.3, -0.25) is 4.79 Å². The minimum absolute atomic E-state index is 0.0870. The van der Waals surface area contributed by atoms with Gasteiger partial charge in [0.05, 0.1) is 5.92 Å². The van der Waals surface area contributed by atoms with Crippen LogP contribution in [0.3, 0.4) is 0 Å². The van der Waals surface area contributed by atoms with E-state index >= 15 is 0 Å². The second kappa shape index (κ2) is 6.67. The lowest BCUT2D eigenvalue weighted by Crippen LogP contribution is -2.47. The van der Waals surface area contributed by atoms with E-state index in [1.54, 1.807) is 4.90 Å². The van der Waals surface area contributed by atoms with Crippen LogP contribution in [0.15, 0.2) is 0 Å². The molecule has 120 valence electrons. The van der Waals surface area contributed by atoms with Gasteiger partial charge in [-0.25, -0.2) is 4.79 Å². The van der Waals surface area contributed by atoms with Crippen molar-refractivity contribution in [2.75, 3.05) is 19.6 Å². The maximum atomic E-state index is 12.2. The molecule has 1 aliphatic heterocycles. The lowest BCUT2D eigenvalue weighted by Gasteiger charge is -2.33. The fourth-order valence-corrected chi connectivity index (χ4v) is 2.63. The fraction of sp³-hybridized carbons (Fsp3) is 0.875. The highest BCUT2D eigenvalue weighted by Crippen LogP contribution is 2.31. The third kappa shape index (κ3) is 5.56. The number of ether oxygens (including phenoxy) is 1. The van der Waals surface area contributed by atoms with Crippen LogP contribution in [0, 0.1) is 11.8 Å². The van der Waals surface area contributed by atoms with E-state index in [1.807, 2.05) is 20.8 Å². The first-order valence-corrected chi connectivity index (χ1v) is 8.11. The molecule has 1 saturated heterocycles. The summed E-state index contributed by atoms with van der Waals surface area (Å²) in [6.45, 7) is 7.50. The van der Waals surface area contributed by atoms with E-state index in [4.69, 9.17) is 4.74 Å². The Labute approximate surface area is 127 Å². The predicted molar refractivity (Wildman–Crippen MR) is 80.9 cm³/mol. The van der Waals surface area contributed by atoms with Gasteiger partial charge in [0.1, 0.15) is 5.60 Å². The molecule has 2 aliphatic rings. The van der Waals surface area contributed by atoms with Crippen molar-refractivity contribution >= 4 is 12.0 Å². The highest BCUT2D eigenvalue weighted by Gasteiger charge is 2.31. The number of hydrogen-bond acceptors (Lipinski definition) is 3. The zero-order valence-electron chi connectivity index (χ0n) is 13.5. The number of nitrogens with zero attached hydrogens (tertiary/aromatic N) is 1. The molecule has 2 rings (SSSR count). The Morgan fingerprint density at radius 3 is 2.57 bits per heavy atom. The van der Waals surface area contributed by atoms with E-state index in [1.165, 1.54) is 12.8 Å². The van der Waals surface area contributed by atoms with Crippen LogP contribution in [-0.4, -0.2) is 42.1 Å². The maximum Gasteiger partial charge on any atom is 0.410 e. The van der Waals surface area contributed by atoms with Crippen molar-refractivity contribution in [3.8, 4) is 0 Å². The zero-order chi connectivity index (χ0) is 15.5. The SMILES string of the molecule is CC(C)(C)OC(=O)N1CCCC(C(=O)NCCC2CC2)C1. The molecule has 1 N–H and O–H groups in total. The first-order valence-electron chi connectivity index (χ1n) is 8.11. The molecule has 0 spiro atoms. The van der Waals surface area contributed by atoms with Crippen LogP contribution >= 0.6 is 0 Å². The first-order chi connectivity index (χ1) is 9.85. The number of carbonyl (C=O) groups excluding carboxylic acids is 2. The molecule has 5 nitrogen and oxygen atoms in total. The molecule has 1 heterocycles. The lowest BCUT2D eigenvalue weighted by atomic mass is 9.97. The molecule has 0 radical (unpaired) electrons. The normalized spacial score (nSPS) is 22.8. The number of rotatable bonds is 4. The van der Waals surface area contributed by atoms with Crippen molar-refractivity contribution in [2.45, 2.75) is 58.5 Å². The molecule has 0 aromatic rings. The molecule has 5 heteroatoms. The molecule has 2 amide bonds. The summed E-state index contributed by atoms with van der Waals surface area (Å²) in [5.41, 5.74) is -0.490. The monoisotopic (exact) mass is 296 g/mol. The summed E-state index contributed by atoms with van der Waals surface area (Å²) in [7, 11) is 0. The molecule has 0 aromatic heterocycles. The largest absolute Gasteiger partial charge is 0.444 e. The smallest absolute Gasteiger partial charge is 0.410 e. The standard InChI is InChI=1S/C16H28N2O3/c1-16(2,3)21-15(20)18-10-4-5-13(11-18)14(19)17-9-8-12-6-7-12/h12-13H,4-11H2,1-3H3,(H,17,19). The van der Waals surface area contributed by atoms with Gasteiger partial charge in [0, 0.05) is 19.6 Å². The predicted octanol–water partition coefficient (Wildman–Crippen LogP) is 2.55. The molecule has 1 atom stereocenters. The van der Waals surface area contributed by atoms with Gasteiger partial charge in [-0.15, -0.1) is 0 Å². The average Bonchev–Trinajstić information content (AvgIpc) is 3.21. The molecule has 0 aromatic carbocycles. The Morgan fingerprint density at radius 2 is 1.95 bits per heavy atom. The van der Waals surface area contributed by atoms with Gasteiger partial charge in [-0.05, 0) is 46.0 Å². The molecule has 1 unspecified atom stereocenters. The lowest BCUT2D eigenvalue weighted by molar-refractivity contribution is -0.126. The Balaban J connectivity index is 1.76. The Morgan fingerprint density at radius 1 is 1.24 bits per heavy atom. The topological polar surface area (TPSA) is 58.6 Å². The highest BCUT2D eigenvalue weighted by atomic mass is 16.6. The quantitative estimate of drug-likeness (QED) is 0.867. The van der Waals surface area contributed by atoms with Gasteiger partial charge in [0.2, 0.25) is 5.91 Å². The summed E-state index contributed by atoms with van der Waals surface area (Å²) in [5.74, 6) is 0.823. The van der Waals surface area contributed by atoms with Crippen LogP contribution in [0.2, 0.25) is 0 Å². The Bertz CT molecular complexity index is 385. The van der Waals surface area contributed by atoms with Crippen LogP contribution in [-0.2, 0) is 9.53 Å². The van der Waals surface area contributed by atoms with Crippen LogP contribution in [0.5, 0.6) is 0 Å². The van der Waals surface area contributed by atoms with Crippen LogP contribution in [0.1, 0.15) is 52.9 Å². The van der Waals surface area contributed by atoms with Gasteiger partial charge >= 0.3 is 6.09 Å². The zero-order valence-corrected chi connectivity index (χ0v) is 13.5. The van der Waals surface area contributed by atoms with E-state index < -0.39 is 5.60 Å². The number of likely N-dealkylation sites (tertiary alicyclic amines) is 1. The summed E-state index contributed by atoms with van der Waals surface area (Å²) in [5, 5.41) is 3.01. The van der Waals surface area contributed by atoms with Crippen molar-refractivity contribution in [3.63, 3.8) is 0 Å². The number of amides is 2. The molecular formula is C16H28N2O3. The molecular weight excluding hydrogens is 268 g/mol. The Hall–Kier alpha value is -1.26. The second-order valence-corrected chi connectivity index (χ2v) is 7.29. The molecule has 21 heavy (non-hydrogen) atoms. The van der Waals surface area contributed by atoms with E-state index in [0.29, 0.717) is 13.1 Å². The van der Waals surface area contributed by atoms with Gasteiger partial charge in [-0.2, -0.15) is 0 Å². The molecule has 1 aliphatic carbocycles. The number of nitrogens with one attached hydrogen (secondary N) is 1. The van der Waals surface area contributed by atoms with E-state index in [-0.39, 0.29) is 17.9 Å². The van der Waals surface area contributed by atoms with Crippen LogP contribution in [0.25, 0.3) is 0 Å².